The molecule has 0 saturated carbocycles. The van der Waals surface area contributed by atoms with Crippen LogP contribution in [0.1, 0.15) is 22.8 Å². The van der Waals surface area contributed by atoms with E-state index in [2.05, 4.69) is 11.4 Å². The van der Waals surface area contributed by atoms with Crippen LogP contribution in [0.4, 0.5) is 11.4 Å². The SMILES string of the molecule is CCOC(=O)c1ccc(CC2S/C(=C(/C#N)C(=O)Nc3cccc4ccccc34)N(c3ccccc3)C2=O)cc1. The number of carbonyl (C=O) groups excluding carboxylic acids is 3. The first kappa shape index (κ1) is 26.7. The van der Waals surface area contributed by atoms with Gasteiger partial charge >= 0.3 is 5.97 Å². The van der Waals surface area contributed by atoms with Crippen molar-refractivity contribution in [3.8, 4) is 6.07 Å². The Morgan fingerprint density at radius 2 is 1.65 bits per heavy atom. The van der Waals surface area contributed by atoms with Crippen molar-refractivity contribution in [2.24, 2.45) is 0 Å². The summed E-state index contributed by atoms with van der Waals surface area (Å²) >= 11 is 1.19. The molecule has 1 fully saturated rings. The molecule has 0 aromatic heterocycles. The lowest BCUT2D eigenvalue weighted by Gasteiger charge is -2.18. The number of fused-ring (bicyclic) bond motifs is 1. The first-order valence-electron chi connectivity index (χ1n) is 12.8. The topological polar surface area (TPSA) is 99.5 Å². The first-order valence-corrected chi connectivity index (χ1v) is 13.6. The third kappa shape index (κ3) is 5.46. The van der Waals surface area contributed by atoms with Crippen LogP contribution in [0.5, 0.6) is 0 Å². The molecule has 4 aromatic rings. The summed E-state index contributed by atoms with van der Waals surface area (Å²) in [5.41, 5.74) is 2.28. The van der Waals surface area contributed by atoms with Crippen LogP contribution in [0.2, 0.25) is 0 Å². The molecule has 8 heteroatoms. The Labute approximate surface area is 236 Å². The molecule has 1 saturated heterocycles. The van der Waals surface area contributed by atoms with Crippen LogP contribution in [0, 0.1) is 11.3 Å². The lowest BCUT2D eigenvalue weighted by Crippen LogP contribution is -2.30. The summed E-state index contributed by atoms with van der Waals surface area (Å²) in [5.74, 6) is -1.22. The Balaban J connectivity index is 1.47. The molecular formula is C32H25N3O4S. The van der Waals surface area contributed by atoms with Gasteiger partial charge in [0.1, 0.15) is 16.7 Å². The van der Waals surface area contributed by atoms with Crippen LogP contribution in [0.3, 0.4) is 0 Å². The lowest BCUT2D eigenvalue weighted by atomic mass is 10.1. The van der Waals surface area contributed by atoms with Crippen LogP contribution in [-0.4, -0.2) is 29.6 Å². The van der Waals surface area contributed by atoms with Crippen molar-refractivity contribution < 1.29 is 19.1 Å². The van der Waals surface area contributed by atoms with Crippen LogP contribution in [0.25, 0.3) is 10.8 Å². The fourth-order valence-electron chi connectivity index (χ4n) is 4.52. The number of ether oxygens (including phenoxy) is 1. The molecular weight excluding hydrogens is 522 g/mol. The van der Waals surface area contributed by atoms with E-state index in [1.807, 2.05) is 42.5 Å². The number of amides is 2. The molecule has 5 rings (SSSR count). The first-order chi connectivity index (χ1) is 19.5. The normalized spacial score (nSPS) is 15.9. The van der Waals surface area contributed by atoms with Crippen LogP contribution >= 0.6 is 11.8 Å². The summed E-state index contributed by atoms with van der Waals surface area (Å²) in [6, 6.07) is 31.1. The van der Waals surface area contributed by atoms with Crippen molar-refractivity contribution in [1.82, 2.24) is 0 Å². The van der Waals surface area contributed by atoms with Crippen molar-refractivity contribution in [3.63, 3.8) is 0 Å². The summed E-state index contributed by atoms with van der Waals surface area (Å²) in [5, 5.41) is 14.5. The zero-order chi connectivity index (χ0) is 28.1. The van der Waals surface area contributed by atoms with E-state index in [1.54, 1.807) is 61.5 Å². The van der Waals surface area contributed by atoms with Crippen LogP contribution in [-0.2, 0) is 20.7 Å². The predicted octanol–water partition coefficient (Wildman–Crippen LogP) is 6.08. The van der Waals surface area contributed by atoms with Gasteiger partial charge in [0.15, 0.2) is 0 Å². The second-order valence-electron chi connectivity index (χ2n) is 9.01. The molecule has 1 aliphatic rings. The van der Waals surface area contributed by atoms with Gasteiger partial charge in [0.2, 0.25) is 5.91 Å². The van der Waals surface area contributed by atoms with Gasteiger partial charge in [-0.1, -0.05) is 78.5 Å². The molecule has 2 amide bonds. The van der Waals surface area contributed by atoms with Crippen LogP contribution < -0.4 is 10.2 Å². The molecule has 1 heterocycles. The van der Waals surface area contributed by atoms with Gasteiger partial charge in [0, 0.05) is 16.8 Å². The van der Waals surface area contributed by atoms with Gasteiger partial charge in [-0.05, 0) is 54.6 Å². The van der Waals surface area contributed by atoms with Crippen molar-refractivity contribution in [1.29, 1.82) is 5.26 Å². The van der Waals surface area contributed by atoms with E-state index < -0.39 is 17.1 Å². The number of nitrogens with zero attached hydrogens (tertiary/aromatic N) is 2. The van der Waals surface area contributed by atoms with E-state index in [4.69, 9.17) is 4.74 Å². The number of hydrogen-bond donors (Lipinski definition) is 1. The third-order valence-corrected chi connectivity index (χ3v) is 7.71. The quantitative estimate of drug-likeness (QED) is 0.171. The number of nitriles is 1. The van der Waals surface area contributed by atoms with E-state index in [-0.39, 0.29) is 23.1 Å². The molecule has 0 aliphatic carbocycles. The van der Waals surface area contributed by atoms with Gasteiger partial charge in [-0.3, -0.25) is 14.5 Å². The molecule has 1 N–H and O–H groups in total. The number of para-hydroxylation sites is 1. The Morgan fingerprint density at radius 1 is 0.950 bits per heavy atom. The average Bonchev–Trinajstić information content (AvgIpc) is 3.29. The van der Waals surface area contributed by atoms with Crippen molar-refractivity contribution in [2.75, 3.05) is 16.8 Å². The van der Waals surface area contributed by atoms with Gasteiger partial charge in [-0.25, -0.2) is 4.79 Å². The van der Waals surface area contributed by atoms with Crippen molar-refractivity contribution >= 4 is 51.7 Å². The summed E-state index contributed by atoms with van der Waals surface area (Å²) in [7, 11) is 0. The molecule has 40 heavy (non-hydrogen) atoms. The summed E-state index contributed by atoms with van der Waals surface area (Å²) in [4.78, 5) is 40.7. The van der Waals surface area contributed by atoms with E-state index in [0.29, 0.717) is 23.4 Å². The lowest BCUT2D eigenvalue weighted by molar-refractivity contribution is -0.117. The maximum absolute atomic E-state index is 13.7. The molecule has 4 aromatic carbocycles. The Morgan fingerprint density at radius 3 is 2.38 bits per heavy atom. The highest BCUT2D eigenvalue weighted by Crippen LogP contribution is 2.42. The molecule has 1 unspecified atom stereocenters. The highest BCUT2D eigenvalue weighted by Gasteiger charge is 2.40. The zero-order valence-electron chi connectivity index (χ0n) is 21.7. The molecule has 0 radical (unpaired) electrons. The Hall–Kier alpha value is -4.87. The average molecular weight is 548 g/mol. The highest BCUT2D eigenvalue weighted by atomic mass is 32.2. The number of benzene rings is 4. The third-order valence-electron chi connectivity index (χ3n) is 6.44. The van der Waals surface area contributed by atoms with Gasteiger partial charge in [-0.15, -0.1) is 0 Å². The standard InChI is InChI=1S/C32H25N3O4S/c1-2-39-32(38)23-17-15-21(16-18-23)19-28-30(37)35(24-11-4-3-5-12-24)31(40-28)26(20-33)29(36)34-27-14-8-10-22-9-6-7-13-25(22)27/h3-18,28H,2,19H2,1H3,(H,34,36)/b31-26-. The molecule has 0 bridgehead atoms. The van der Waals surface area contributed by atoms with E-state index >= 15 is 0 Å². The number of nitrogens with one attached hydrogen (secondary N) is 1. The number of rotatable bonds is 7. The second kappa shape index (κ2) is 11.9. The number of hydrogen-bond acceptors (Lipinski definition) is 6. The minimum atomic E-state index is -0.588. The Bertz CT molecular complexity index is 1650. The molecule has 1 aliphatic heterocycles. The summed E-state index contributed by atoms with van der Waals surface area (Å²) in [6.07, 6.45) is 0.350. The molecule has 198 valence electrons. The number of esters is 1. The monoisotopic (exact) mass is 547 g/mol. The number of anilines is 2. The summed E-state index contributed by atoms with van der Waals surface area (Å²) in [6.45, 7) is 2.03. The second-order valence-corrected chi connectivity index (χ2v) is 10.2. The maximum atomic E-state index is 13.7. The van der Waals surface area contributed by atoms with Gasteiger partial charge in [-0.2, -0.15) is 5.26 Å². The van der Waals surface area contributed by atoms with E-state index in [9.17, 15) is 19.6 Å². The van der Waals surface area contributed by atoms with Gasteiger partial charge in [0.05, 0.1) is 17.4 Å². The van der Waals surface area contributed by atoms with Crippen molar-refractivity contribution in [3.05, 3.63) is 119 Å². The number of carbonyl (C=O) groups is 3. The maximum Gasteiger partial charge on any atom is 0.338 e. The predicted molar refractivity (Wildman–Crippen MR) is 157 cm³/mol. The van der Waals surface area contributed by atoms with E-state index in [1.165, 1.54) is 16.7 Å². The fourth-order valence-corrected chi connectivity index (χ4v) is 5.83. The van der Waals surface area contributed by atoms with Crippen LogP contribution in [0.15, 0.2) is 108 Å². The number of thioether (sulfide) groups is 1. The fraction of sp³-hybridized carbons (Fsp3) is 0.125. The molecule has 7 nitrogen and oxygen atoms in total. The Kier molecular flexibility index (Phi) is 7.94. The largest absolute Gasteiger partial charge is 0.462 e. The van der Waals surface area contributed by atoms with E-state index in [0.717, 1.165) is 16.3 Å². The molecule has 1 atom stereocenters. The summed E-state index contributed by atoms with van der Waals surface area (Å²) < 4.78 is 5.04. The van der Waals surface area contributed by atoms with Gasteiger partial charge < -0.3 is 10.1 Å². The molecule has 0 spiro atoms. The van der Waals surface area contributed by atoms with Gasteiger partial charge in [0.25, 0.3) is 5.91 Å². The van der Waals surface area contributed by atoms with Crippen molar-refractivity contribution in [2.45, 2.75) is 18.6 Å². The minimum absolute atomic E-state index is 0.143. The smallest absolute Gasteiger partial charge is 0.338 e. The minimum Gasteiger partial charge on any atom is -0.462 e. The zero-order valence-corrected chi connectivity index (χ0v) is 22.5. The highest BCUT2D eigenvalue weighted by molar-refractivity contribution is 8.05.